The summed E-state index contributed by atoms with van der Waals surface area (Å²) in [7, 11) is -2.92. The van der Waals surface area contributed by atoms with Gasteiger partial charge in [0.25, 0.3) is 0 Å². The highest BCUT2D eigenvalue weighted by atomic mass is 32.2. The fourth-order valence-electron chi connectivity index (χ4n) is 2.62. The van der Waals surface area contributed by atoms with E-state index in [9.17, 15) is 8.42 Å². The van der Waals surface area contributed by atoms with E-state index in [4.69, 9.17) is 9.47 Å². The van der Waals surface area contributed by atoms with E-state index in [-0.39, 0.29) is 17.0 Å². The Morgan fingerprint density at radius 2 is 2.00 bits per heavy atom. The number of nitrogens with one attached hydrogen (secondary N) is 1. The molecule has 15 heavy (non-hydrogen) atoms. The van der Waals surface area contributed by atoms with Gasteiger partial charge in [-0.3, -0.25) is 5.32 Å². The summed E-state index contributed by atoms with van der Waals surface area (Å²) < 4.78 is 33.8. The molecule has 3 aliphatic heterocycles. The third-order valence-electron chi connectivity index (χ3n) is 3.48. The quantitative estimate of drug-likeness (QED) is 0.598. The predicted molar refractivity (Wildman–Crippen MR) is 53.3 cm³/mol. The van der Waals surface area contributed by atoms with Crippen molar-refractivity contribution >= 4 is 9.84 Å². The van der Waals surface area contributed by atoms with E-state index in [0.29, 0.717) is 26.2 Å². The van der Waals surface area contributed by atoms with E-state index in [1.807, 2.05) is 0 Å². The van der Waals surface area contributed by atoms with Crippen molar-refractivity contribution in [2.75, 3.05) is 31.3 Å². The highest BCUT2D eigenvalue weighted by molar-refractivity contribution is 7.91. The third kappa shape index (κ3) is 1.60. The Bertz CT molecular complexity index is 376. The van der Waals surface area contributed by atoms with Gasteiger partial charge < -0.3 is 9.47 Å². The molecular weight excluding hydrogens is 218 g/mol. The first kappa shape index (κ1) is 10.0. The minimum atomic E-state index is -2.92. The van der Waals surface area contributed by atoms with Gasteiger partial charge in [-0.05, 0) is 6.42 Å². The summed E-state index contributed by atoms with van der Waals surface area (Å²) >= 11 is 0. The molecule has 3 saturated heterocycles. The van der Waals surface area contributed by atoms with Crippen LogP contribution < -0.4 is 5.32 Å². The highest BCUT2D eigenvalue weighted by Gasteiger charge is 2.53. The Morgan fingerprint density at radius 3 is 2.53 bits per heavy atom. The molecule has 6 heteroatoms. The number of hydrogen-bond acceptors (Lipinski definition) is 5. The maximum absolute atomic E-state index is 11.5. The molecular formula is C9H15NO4S. The smallest absolute Gasteiger partial charge is 0.154 e. The minimum absolute atomic E-state index is 0.0158. The van der Waals surface area contributed by atoms with Gasteiger partial charge in [0, 0.05) is 6.42 Å². The van der Waals surface area contributed by atoms with Gasteiger partial charge in [0.1, 0.15) is 5.72 Å². The van der Waals surface area contributed by atoms with E-state index in [0.717, 1.165) is 6.42 Å². The van der Waals surface area contributed by atoms with Crippen LogP contribution in [0.3, 0.4) is 0 Å². The van der Waals surface area contributed by atoms with E-state index in [2.05, 4.69) is 5.32 Å². The molecule has 0 bridgehead atoms. The molecule has 0 aromatic heterocycles. The largest absolute Gasteiger partial charge is 0.377 e. The second-order valence-electron chi connectivity index (χ2n) is 4.83. The Balaban J connectivity index is 1.82. The van der Waals surface area contributed by atoms with Crippen molar-refractivity contribution in [2.24, 2.45) is 0 Å². The highest BCUT2D eigenvalue weighted by Crippen LogP contribution is 2.35. The number of sulfone groups is 1. The van der Waals surface area contributed by atoms with Crippen LogP contribution in [0.4, 0.5) is 0 Å². The second kappa shape index (κ2) is 2.94. The van der Waals surface area contributed by atoms with Gasteiger partial charge in [0.05, 0.1) is 36.9 Å². The molecule has 0 radical (unpaired) electrons. The Hall–Kier alpha value is -0.170. The van der Waals surface area contributed by atoms with Crippen LogP contribution in [-0.2, 0) is 19.3 Å². The van der Waals surface area contributed by atoms with Crippen molar-refractivity contribution in [3.8, 4) is 0 Å². The minimum Gasteiger partial charge on any atom is -0.377 e. The lowest BCUT2D eigenvalue weighted by Gasteiger charge is -2.51. The lowest BCUT2D eigenvalue weighted by Crippen LogP contribution is -2.72. The fraction of sp³-hybridized carbons (Fsp3) is 1.00. The van der Waals surface area contributed by atoms with Gasteiger partial charge in [-0.15, -0.1) is 0 Å². The zero-order valence-electron chi connectivity index (χ0n) is 8.49. The molecule has 3 aliphatic rings. The Labute approximate surface area is 89.0 Å². The maximum Gasteiger partial charge on any atom is 0.154 e. The Kier molecular flexibility index (Phi) is 1.96. The topological polar surface area (TPSA) is 64.6 Å². The zero-order valence-corrected chi connectivity index (χ0v) is 9.31. The molecule has 0 amide bonds. The van der Waals surface area contributed by atoms with Gasteiger partial charge in [0.15, 0.2) is 9.84 Å². The van der Waals surface area contributed by atoms with Crippen LogP contribution in [0.25, 0.3) is 0 Å². The fourth-order valence-corrected chi connectivity index (χ4v) is 4.42. The summed E-state index contributed by atoms with van der Waals surface area (Å²) in [6.07, 6.45) is 1.48. The summed E-state index contributed by atoms with van der Waals surface area (Å²) in [5.74, 6) is 0.346. The molecule has 1 atom stereocenters. The normalized spacial score (nSPS) is 41.9. The summed E-state index contributed by atoms with van der Waals surface area (Å²) in [5, 5.41) is 3.37. The summed E-state index contributed by atoms with van der Waals surface area (Å²) in [6, 6.07) is 0. The lowest BCUT2D eigenvalue weighted by molar-refractivity contribution is -0.186. The standard InChI is InChI=1S/C9H15NO4S/c11-15(12)4-2-9(7-15)10-8(1-3-14-9)5-13-6-8/h10H,1-7H2. The third-order valence-corrected chi connectivity index (χ3v) is 5.21. The SMILES string of the molecule is O=S1(=O)CCC2(C1)NC1(CCO2)COC1. The Morgan fingerprint density at radius 1 is 1.20 bits per heavy atom. The van der Waals surface area contributed by atoms with Crippen LogP contribution in [0.1, 0.15) is 12.8 Å². The second-order valence-corrected chi connectivity index (χ2v) is 7.02. The van der Waals surface area contributed by atoms with Crippen molar-refractivity contribution < 1.29 is 17.9 Å². The van der Waals surface area contributed by atoms with Crippen molar-refractivity contribution in [3.63, 3.8) is 0 Å². The van der Waals surface area contributed by atoms with Crippen molar-refractivity contribution in [3.05, 3.63) is 0 Å². The summed E-state index contributed by atoms with van der Waals surface area (Å²) in [4.78, 5) is 0. The van der Waals surface area contributed by atoms with Crippen molar-refractivity contribution in [1.29, 1.82) is 0 Å². The molecule has 1 unspecified atom stereocenters. The average Bonchev–Trinajstić information content (AvgIpc) is 2.39. The van der Waals surface area contributed by atoms with Gasteiger partial charge in [-0.2, -0.15) is 0 Å². The average molecular weight is 233 g/mol. The molecule has 1 N–H and O–H groups in total. The van der Waals surface area contributed by atoms with Crippen LogP contribution in [0, 0.1) is 0 Å². The van der Waals surface area contributed by atoms with Gasteiger partial charge in [-0.25, -0.2) is 8.42 Å². The lowest BCUT2D eigenvalue weighted by atomic mass is 9.89. The first-order chi connectivity index (χ1) is 7.04. The van der Waals surface area contributed by atoms with Crippen molar-refractivity contribution in [2.45, 2.75) is 24.1 Å². The van der Waals surface area contributed by atoms with Gasteiger partial charge >= 0.3 is 0 Å². The first-order valence-corrected chi connectivity index (χ1v) is 7.07. The molecule has 3 rings (SSSR count). The molecule has 86 valence electrons. The van der Waals surface area contributed by atoms with Crippen molar-refractivity contribution in [1.82, 2.24) is 5.32 Å². The maximum atomic E-state index is 11.5. The number of rotatable bonds is 0. The molecule has 3 fully saturated rings. The molecule has 0 aromatic carbocycles. The number of hydrogen-bond donors (Lipinski definition) is 1. The molecule has 2 spiro atoms. The molecule has 0 aliphatic carbocycles. The van der Waals surface area contributed by atoms with Crippen LogP contribution >= 0.6 is 0 Å². The van der Waals surface area contributed by atoms with E-state index in [1.54, 1.807) is 0 Å². The first-order valence-electron chi connectivity index (χ1n) is 5.25. The van der Waals surface area contributed by atoms with Crippen LogP contribution in [0.15, 0.2) is 0 Å². The van der Waals surface area contributed by atoms with Crippen LogP contribution in [0.2, 0.25) is 0 Å². The molecule has 0 saturated carbocycles. The molecule has 0 aromatic rings. The predicted octanol–water partition coefficient (Wildman–Crippen LogP) is -0.720. The van der Waals surface area contributed by atoms with Crippen LogP contribution in [-0.4, -0.2) is 51.0 Å². The number of ether oxygens (including phenoxy) is 2. The van der Waals surface area contributed by atoms with E-state index >= 15 is 0 Å². The summed E-state index contributed by atoms with van der Waals surface area (Å²) in [6.45, 7) is 1.99. The summed E-state index contributed by atoms with van der Waals surface area (Å²) in [5.41, 5.74) is -0.640. The van der Waals surface area contributed by atoms with Crippen LogP contribution in [0.5, 0.6) is 0 Å². The monoisotopic (exact) mass is 233 g/mol. The van der Waals surface area contributed by atoms with Gasteiger partial charge in [0.2, 0.25) is 0 Å². The van der Waals surface area contributed by atoms with E-state index in [1.165, 1.54) is 0 Å². The zero-order chi connectivity index (χ0) is 10.6. The van der Waals surface area contributed by atoms with E-state index < -0.39 is 15.6 Å². The van der Waals surface area contributed by atoms with Gasteiger partial charge in [-0.1, -0.05) is 0 Å². The molecule has 3 heterocycles. The molecule has 5 nitrogen and oxygen atoms in total.